The SMILES string of the molecule is CN(Cc1cn(Cc2ccccc2Cl)nc1-c1ccccc1)C(=O)C1CC2C=CC1C2. The molecule has 2 aliphatic rings. The Morgan fingerprint density at radius 3 is 2.55 bits per heavy atom. The zero-order valence-electron chi connectivity index (χ0n) is 17.6. The van der Waals surface area contributed by atoms with E-state index in [0.717, 1.165) is 40.2 Å². The molecule has 3 unspecified atom stereocenters. The molecule has 2 aromatic carbocycles. The van der Waals surface area contributed by atoms with E-state index in [9.17, 15) is 4.79 Å². The average Bonchev–Trinajstić information content (AvgIpc) is 3.51. The molecule has 158 valence electrons. The predicted molar refractivity (Wildman–Crippen MR) is 124 cm³/mol. The summed E-state index contributed by atoms with van der Waals surface area (Å²) < 4.78 is 1.93. The van der Waals surface area contributed by atoms with Crippen molar-refractivity contribution in [1.82, 2.24) is 14.7 Å². The van der Waals surface area contributed by atoms with Crippen LogP contribution in [-0.4, -0.2) is 27.6 Å². The number of allylic oxidation sites excluding steroid dienone is 2. The lowest BCUT2D eigenvalue weighted by Crippen LogP contribution is -2.34. The van der Waals surface area contributed by atoms with E-state index in [2.05, 4.69) is 30.5 Å². The highest BCUT2D eigenvalue weighted by molar-refractivity contribution is 6.31. The standard InChI is InChI=1S/C26H26ClN3O/c1-29(26(31)23-14-18-11-12-20(23)13-18)15-22-17-30(16-21-9-5-6-10-24(21)27)28-25(22)19-7-3-2-4-8-19/h2-12,17-18,20,23H,13-16H2,1H3. The van der Waals surface area contributed by atoms with Crippen LogP contribution in [0, 0.1) is 17.8 Å². The van der Waals surface area contributed by atoms with Crippen molar-refractivity contribution in [2.75, 3.05) is 7.05 Å². The van der Waals surface area contributed by atoms with E-state index in [4.69, 9.17) is 16.7 Å². The Balaban J connectivity index is 1.41. The maximum Gasteiger partial charge on any atom is 0.226 e. The quantitative estimate of drug-likeness (QED) is 0.488. The molecule has 1 fully saturated rings. The number of carbonyl (C=O) groups is 1. The van der Waals surface area contributed by atoms with Gasteiger partial charge in [-0.05, 0) is 36.3 Å². The molecule has 5 heteroatoms. The summed E-state index contributed by atoms with van der Waals surface area (Å²) in [6.07, 6.45) is 8.69. The van der Waals surface area contributed by atoms with Crippen LogP contribution in [0.2, 0.25) is 5.02 Å². The summed E-state index contributed by atoms with van der Waals surface area (Å²) in [5.74, 6) is 1.37. The minimum Gasteiger partial charge on any atom is -0.341 e. The third-order valence-electron chi connectivity index (χ3n) is 6.55. The second kappa shape index (κ2) is 8.35. The van der Waals surface area contributed by atoms with Crippen molar-refractivity contribution in [2.24, 2.45) is 17.8 Å². The Labute approximate surface area is 188 Å². The number of rotatable bonds is 6. The molecule has 1 heterocycles. The molecule has 0 aliphatic heterocycles. The number of aromatic nitrogens is 2. The van der Waals surface area contributed by atoms with E-state index >= 15 is 0 Å². The first kappa shape index (κ1) is 20.1. The van der Waals surface area contributed by atoms with Gasteiger partial charge in [0.2, 0.25) is 5.91 Å². The predicted octanol–water partition coefficient (Wildman–Crippen LogP) is 5.42. The van der Waals surface area contributed by atoms with Gasteiger partial charge in [-0.2, -0.15) is 5.10 Å². The Kier molecular flexibility index (Phi) is 5.41. The molecule has 3 aromatic rings. The van der Waals surface area contributed by atoms with Crippen LogP contribution < -0.4 is 0 Å². The van der Waals surface area contributed by atoms with Crippen molar-refractivity contribution in [2.45, 2.75) is 25.9 Å². The van der Waals surface area contributed by atoms with E-state index in [1.165, 1.54) is 0 Å². The number of fused-ring (bicyclic) bond motifs is 2. The van der Waals surface area contributed by atoms with Gasteiger partial charge in [-0.3, -0.25) is 9.48 Å². The van der Waals surface area contributed by atoms with Gasteiger partial charge >= 0.3 is 0 Å². The first-order valence-corrected chi connectivity index (χ1v) is 11.2. The van der Waals surface area contributed by atoms with E-state index in [-0.39, 0.29) is 11.8 Å². The Bertz CT molecular complexity index is 1120. The Morgan fingerprint density at radius 2 is 1.84 bits per heavy atom. The molecule has 1 saturated carbocycles. The molecule has 3 atom stereocenters. The van der Waals surface area contributed by atoms with Gasteiger partial charge in [-0.15, -0.1) is 0 Å². The van der Waals surface area contributed by atoms with Crippen LogP contribution in [0.5, 0.6) is 0 Å². The second-order valence-electron chi connectivity index (χ2n) is 8.74. The lowest BCUT2D eigenvalue weighted by Gasteiger charge is -2.24. The molecule has 31 heavy (non-hydrogen) atoms. The molecule has 0 saturated heterocycles. The summed E-state index contributed by atoms with van der Waals surface area (Å²) in [5.41, 5.74) is 4.04. The van der Waals surface area contributed by atoms with Crippen molar-refractivity contribution in [1.29, 1.82) is 0 Å². The molecule has 0 N–H and O–H groups in total. The number of hydrogen-bond donors (Lipinski definition) is 0. The van der Waals surface area contributed by atoms with Crippen molar-refractivity contribution in [3.8, 4) is 11.3 Å². The summed E-state index contributed by atoms with van der Waals surface area (Å²) in [6.45, 7) is 1.14. The lowest BCUT2D eigenvalue weighted by atomic mass is 9.92. The molecular formula is C26H26ClN3O. The van der Waals surface area contributed by atoms with E-state index in [1.807, 2.05) is 59.1 Å². The van der Waals surface area contributed by atoms with Crippen LogP contribution in [0.1, 0.15) is 24.0 Å². The smallest absolute Gasteiger partial charge is 0.226 e. The van der Waals surface area contributed by atoms with Gasteiger partial charge in [-0.25, -0.2) is 0 Å². The van der Waals surface area contributed by atoms with Crippen LogP contribution in [0.4, 0.5) is 0 Å². The Morgan fingerprint density at radius 1 is 1.06 bits per heavy atom. The second-order valence-corrected chi connectivity index (χ2v) is 9.15. The van der Waals surface area contributed by atoms with Crippen molar-refractivity contribution in [3.05, 3.63) is 89.1 Å². The van der Waals surface area contributed by atoms with E-state index < -0.39 is 0 Å². The fourth-order valence-corrected chi connectivity index (χ4v) is 5.18. The highest BCUT2D eigenvalue weighted by Gasteiger charge is 2.40. The summed E-state index contributed by atoms with van der Waals surface area (Å²) in [4.78, 5) is 15.1. The van der Waals surface area contributed by atoms with Gasteiger partial charge in [0.25, 0.3) is 0 Å². The minimum absolute atomic E-state index is 0.123. The highest BCUT2D eigenvalue weighted by atomic mass is 35.5. The van der Waals surface area contributed by atoms with E-state index in [1.54, 1.807) is 0 Å². The molecule has 2 bridgehead atoms. The minimum atomic E-state index is 0.123. The lowest BCUT2D eigenvalue weighted by molar-refractivity contribution is -0.135. The van der Waals surface area contributed by atoms with Crippen molar-refractivity contribution >= 4 is 17.5 Å². The zero-order chi connectivity index (χ0) is 21.4. The van der Waals surface area contributed by atoms with Crippen LogP contribution in [0.25, 0.3) is 11.3 Å². The average molecular weight is 432 g/mol. The molecule has 1 aromatic heterocycles. The number of halogens is 1. The van der Waals surface area contributed by atoms with Crippen LogP contribution >= 0.6 is 11.6 Å². The fraction of sp³-hybridized carbons (Fsp3) is 0.308. The molecule has 5 rings (SSSR count). The third kappa shape index (κ3) is 4.05. The monoisotopic (exact) mass is 431 g/mol. The van der Waals surface area contributed by atoms with Crippen LogP contribution in [-0.2, 0) is 17.9 Å². The van der Waals surface area contributed by atoms with Crippen LogP contribution in [0.15, 0.2) is 72.9 Å². The summed E-state index contributed by atoms with van der Waals surface area (Å²) in [7, 11) is 1.91. The topological polar surface area (TPSA) is 38.1 Å². The normalized spacial score (nSPS) is 21.5. The molecule has 4 nitrogen and oxygen atoms in total. The van der Waals surface area contributed by atoms with Gasteiger partial charge in [0.1, 0.15) is 0 Å². The first-order valence-electron chi connectivity index (χ1n) is 10.9. The number of benzene rings is 2. The molecular weight excluding hydrogens is 406 g/mol. The maximum atomic E-state index is 13.2. The van der Waals surface area contributed by atoms with Gasteiger partial charge in [0.15, 0.2) is 0 Å². The molecule has 1 amide bonds. The fourth-order valence-electron chi connectivity index (χ4n) is 4.98. The highest BCUT2D eigenvalue weighted by Crippen LogP contribution is 2.44. The largest absolute Gasteiger partial charge is 0.341 e. The van der Waals surface area contributed by atoms with Gasteiger partial charge in [0, 0.05) is 41.9 Å². The summed E-state index contributed by atoms with van der Waals surface area (Å²) in [6, 6.07) is 18.0. The number of nitrogens with zero attached hydrogens (tertiary/aromatic N) is 3. The Hall–Kier alpha value is -2.85. The van der Waals surface area contributed by atoms with Crippen molar-refractivity contribution in [3.63, 3.8) is 0 Å². The third-order valence-corrected chi connectivity index (χ3v) is 6.92. The van der Waals surface area contributed by atoms with E-state index in [0.29, 0.717) is 24.9 Å². The zero-order valence-corrected chi connectivity index (χ0v) is 18.4. The summed E-state index contributed by atoms with van der Waals surface area (Å²) >= 11 is 6.37. The van der Waals surface area contributed by atoms with Gasteiger partial charge in [0.05, 0.1) is 12.2 Å². The molecule has 2 aliphatic carbocycles. The van der Waals surface area contributed by atoms with Gasteiger partial charge < -0.3 is 4.90 Å². The van der Waals surface area contributed by atoms with Gasteiger partial charge in [-0.1, -0.05) is 72.3 Å². The first-order chi connectivity index (χ1) is 15.1. The van der Waals surface area contributed by atoms with Crippen LogP contribution in [0.3, 0.4) is 0 Å². The summed E-state index contributed by atoms with van der Waals surface area (Å²) in [5, 5.41) is 5.61. The molecule has 0 spiro atoms. The van der Waals surface area contributed by atoms with Crippen molar-refractivity contribution < 1.29 is 4.79 Å². The molecule has 0 radical (unpaired) electrons. The number of carbonyl (C=O) groups excluding carboxylic acids is 1. The number of hydrogen-bond acceptors (Lipinski definition) is 2. The maximum absolute atomic E-state index is 13.2. The number of amides is 1.